The fourth-order valence-electron chi connectivity index (χ4n) is 3.97. The lowest BCUT2D eigenvalue weighted by Crippen LogP contribution is -2.52. The predicted molar refractivity (Wildman–Crippen MR) is 125 cm³/mol. The van der Waals surface area contributed by atoms with E-state index in [-0.39, 0.29) is 12.3 Å². The molecule has 0 saturated carbocycles. The number of nitrogens with zero attached hydrogens (tertiary/aromatic N) is 3. The van der Waals surface area contributed by atoms with Crippen LogP contribution < -0.4 is 15.4 Å². The summed E-state index contributed by atoms with van der Waals surface area (Å²) in [6.07, 6.45) is -1.27. The Kier molecular flexibility index (Phi) is 7.91. The number of hydrogen-bond acceptors (Lipinski definition) is 8. The lowest BCUT2D eigenvalue weighted by molar-refractivity contribution is -0.171. The minimum Gasteiger partial charge on any atom is -0.497 e. The molecular weight excluding hydrogens is 457 g/mol. The van der Waals surface area contributed by atoms with Gasteiger partial charge in [0.25, 0.3) is 0 Å². The molecule has 1 aliphatic rings. The maximum Gasteiger partial charge on any atom is 0.249 e. The fourth-order valence-corrected chi connectivity index (χ4v) is 3.97. The third-order valence-corrected chi connectivity index (χ3v) is 5.86. The summed E-state index contributed by atoms with van der Waals surface area (Å²) in [5.41, 5.74) is 1.85. The molecule has 35 heavy (non-hydrogen) atoms. The van der Waals surface area contributed by atoms with Crippen molar-refractivity contribution in [2.75, 3.05) is 32.1 Å². The van der Waals surface area contributed by atoms with E-state index >= 15 is 0 Å². The Hall–Kier alpha value is -3.54. The van der Waals surface area contributed by atoms with Crippen molar-refractivity contribution < 1.29 is 28.9 Å². The SMILES string of the molecule is COc1ccc(NCCNC(=O)[C@H]2C[C@@H](n3cc(-c4cccc(F)c4)nn3)[C@@H](O)[C@@H](CO)O2)cc1. The van der Waals surface area contributed by atoms with Gasteiger partial charge in [-0.3, -0.25) is 4.79 Å². The van der Waals surface area contributed by atoms with Crippen molar-refractivity contribution in [3.63, 3.8) is 0 Å². The lowest BCUT2D eigenvalue weighted by Gasteiger charge is -2.37. The molecule has 0 unspecified atom stereocenters. The molecule has 10 nitrogen and oxygen atoms in total. The molecule has 1 amide bonds. The number of hydrogen-bond donors (Lipinski definition) is 4. The number of amides is 1. The summed E-state index contributed by atoms with van der Waals surface area (Å²) in [4.78, 5) is 12.8. The number of nitrogens with one attached hydrogen (secondary N) is 2. The maximum absolute atomic E-state index is 13.6. The van der Waals surface area contributed by atoms with Crippen LogP contribution in [0, 0.1) is 5.82 Å². The molecule has 3 aromatic rings. The highest BCUT2D eigenvalue weighted by Gasteiger charge is 2.41. The van der Waals surface area contributed by atoms with Gasteiger partial charge in [-0.15, -0.1) is 5.10 Å². The van der Waals surface area contributed by atoms with Crippen LogP contribution in [0.2, 0.25) is 0 Å². The highest BCUT2D eigenvalue weighted by Crippen LogP contribution is 2.30. The average Bonchev–Trinajstić information content (AvgIpc) is 3.37. The highest BCUT2D eigenvalue weighted by molar-refractivity contribution is 5.81. The first kappa shape index (κ1) is 24.6. The van der Waals surface area contributed by atoms with Crippen LogP contribution in [0.5, 0.6) is 5.75 Å². The van der Waals surface area contributed by atoms with Crippen molar-refractivity contribution in [2.45, 2.75) is 30.8 Å². The molecule has 0 aliphatic carbocycles. The van der Waals surface area contributed by atoms with E-state index in [1.165, 1.54) is 16.8 Å². The summed E-state index contributed by atoms with van der Waals surface area (Å²) in [6.45, 7) is 0.362. The van der Waals surface area contributed by atoms with E-state index in [0.29, 0.717) is 24.3 Å². The third kappa shape index (κ3) is 5.94. The number of aromatic nitrogens is 3. The summed E-state index contributed by atoms with van der Waals surface area (Å²) in [7, 11) is 1.60. The van der Waals surface area contributed by atoms with Crippen molar-refractivity contribution in [1.82, 2.24) is 20.3 Å². The maximum atomic E-state index is 13.6. The van der Waals surface area contributed by atoms with Gasteiger partial charge in [-0.2, -0.15) is 0 Å². The smallest absolute Gasteiger partial charge is 0.249 e. The molecule has 4 N–H and O–H groups in total. The Morgan fingerprint density at radius 3 is 2.77 bits per heavy atom. The Balaban J connectivity index is 1.36. The quantitative estimate of drug-likeness (QED) is 0.335. The van der Waals surface area contributed by atoms with Gasteiger partial charge in [0.2, 0.25) is 5.91 Å². The first-order valence-corrected chi connectivity index (χ1v) is 11.3. The molecular formula is C24H28FN5O5. The zero-order valence-electron chi connectivity index (χ0n) is 19.2. The number of rotatable bonds is 9. The van der Waals surface area contributed by atoms with Gasteiger partial charge < -0.3 is 30.3 Å². The normalized spacial score (nSPS) is 21.9. The number of carbonyl (C=O) groups excluding carboxylic acids is 1. The summed E-state index contributed by atoms with van der Waals surface area (Å²) in [5.74, 6) is -0.00650. The number of ether oxygens (including phenoxy) is 2. The summed E-state index contributed by atoms with van der Waals surface area (Å²) in [6, 6.07) is 12.7. The second-order valence-corrected chi connectivity index (χ2v) is 8.18. The standard InChI is InChI=1S/C24H28FN5O5/c1-34-18-7-5-17(6-8-18)26-9-10-27-24(33)21-12-20(23(32)22(14-31)35-21)30-13-19(28-29-30)15-3-2-4-16(25)11-15/h2-8,11,13,20-23,26,31-32H,9-10,12,14H2,1H3,(H,27,33)/t20-,21-,22-,23-/m1/s1. The fraction of sp³-hybridized carbons (Fsp3) is 0.375. The van der Waals surface area contributed by atoms with Gasteiger partial charge in [-0.05, 0) is 36.4 Å². The molecule has 1 saturated heterocycles. The van der Waals surface area contributed by atoms with E-state index in [1.807, 2.05) is 24.3 Å². The van der Waals surface area contributed by atoms with E-state index in [4.69, 9.17) is 9.47 Å². The Labute approximate surface area is 201 Å². The van der Waals surface area contributed by atoms with Crippen LogP contribution in [0.15, 0.2) is 54.7 Å². The van der Waals surface area contributed by atoms with Crippen LogP contribution in [-0.4, -0.2) is 76.2 Å². The summed E-state index contributed by atoms with van der Waals surface area (Å²) >= 11 is 0. The molecule has 0 bridgehead atoms. The molecule has 1 aromatic heterocycles. The van der Waals surface area contributed by atoms with Gasteiger partial charge in [-0.25, -0.2) is 9.07 Å². The molecule has 4 atom stereocenters. The molecule has 0 spiro atoms. The van der Waals surface area contributed by atoms with Gasteiger partial charge >= 0.3 is 0 Å². The molecule has 186 valence electrons. The molecule has 1 aliphatic heterocycles. The molecule has 2 heterocycles. The minimum absolute atomic E-state index is 0.126. The number of halogens is 1. The van der Waals surface area contributed by atoms with Gasteiger partial charge in [0.05, 0.1) is 26.0 Å². The zero-order chi connectivity index (χ0) is 24.8. The molecule has 4 rings (SSSR count). The van der Waals surface area contributed by atoms with E-state index in [0.717, 1.165) is 11.4 Å². The molecule has 11 heteroatoms. The van der Waals surface area contributed by atoms with Gasteiger partial charge in [-0.1, -0.05) is 17.3 Å². The van der Waals surface area contributed by atoms with Crippen LogP contribution in [0.3, 0.4) is 0 Å². The van der Waals surface area contributed by atoms with Crippen molar-refractivity contribution >= 4 is 11.6 Å². The second kappa shape index (κ2) is 11.3. The number of aliphatic hydroxyl groups excluding tert-OH is 2. The number of benzene rings is 2. The minimum atomic E-state index is -1.11. The van der Waals surface area contributed by atoms with Crippen LogP contribution in [0.1, 0.15) is 12.5 Å². The largest absolute Gasteiger partial charge is 0.497 e. The average molecular weight is 486 g/mol. The zero-order valence-corrected chi connectivity index (χ0v) is 19.2. The number of aliphatic hydroxyl groups is 2. The topological polar surface area (TPSA) is 131 Å². The molecule has 1 fully saturated rings. The Bertz CT molecular complexity index is 1130. The Morgan fingerprint density at radius 2 is 2.06 bits per heavy atom. The van der Waals surface area contributed by atoms with Crippen molar-refractivity contribution in [1.29, 1.82) is 0 Å². The highest BCUT2D eigenvalue weighted by atomic mass is 19.1. The Morgan fingerprint density at radius 1 is 1.26 bits per heavy atom. The lowest BCUT2D eigenvalue weighted by atomic mass is 9.95. The van der Waals surface area contributed by atoms with E-state index in [9.17, 15) is 19.4 Å². The van der Waals surface area contributed by atoms with Gasteiger partial charge in [0, 0.05) is 30.8 Å². The van der Waals surface area contributed by atoms with E-state index < -0.39 is 36.8 Å². The van der Waals surface area contributed by atoms with Crippen LogP contribution >= 0.6 is 0 Å². The second-order valence-electron chi connectivity index (χ2n) is 8.18. The van der Waals surface area contributed by atoms with Gasteiger partial charge in [0.15, 0.2) is 0 Å². The van der Waals surface area contributed by atoms with Crippen molar-refractivity contribution in [3.05, 3.63) is 60.5 Å². The van der Waals surface area contributed by atoms with E-state index in [2.05, 4.69) is 20.9 Å². The van der Waals surface area contributed by atoms with Crippen LogP contribution in [-0.2, 0) is 9.53 Å². The number of methoxy groups -OCH3 is 1. The van der Waals surface area contributed by atoms with Crippen LogP contribution in [0.4, 0.5) is 10.1 Å². The van der Waals surface area contributed by atoms with E-state index in [1.54, 1.807) is 25.4 Å². The van der Waals surface area contributed by atoms with Crippen molar-refractivity contribution in [2.24, 2.45) is 0 Å². The summed E-state index contributed by atoms with van der Waals surface area (Å²) < 4.78 is 25.8. The van der Waals surface area contributed by atoms with Crippen molar-refractivity contribution in [3.8, 4) is 17.0 Å². The third-order valence-electron chi connectivity index (χ3n) is 5.86. The summed E-state index contributed by atoms with van der Waals surface area (Å²) in [5, 5.41) is 34.6. The number of anilines is 1. The first-order chi connectivity index (χ1) is 17.0. The molecule has 2 aromatic carbocycles. The first-order valence-electron chi connectivity index (χ1n) is 11.3. The monoisotopic (exact) mass is 485 g/mol. The van der Waals surface area contributed by atoms with Gasteiger partial charge in [0.1, 0.15) is 35.6 Å². The predicted octanol–water partition coefficient (Wildman–Crippen LogP) is 1.37. The van der Waals surface area contributed by atoms with Crippen LogP contribution in [0.25, 0.3) is 11.3 Å². The molecule has 0 radical (unpaired) electrons. The number of carbonyl (C=O) groups is 1.